The largest absolute Gasteiger partial charge is 0.495 e. The van der Waals surface area contributed by atoms with Gasteiger partial charge in [-0.05, 0) is 74.0 Å². The number of benzene rings is 3. The van der Waals surface area contributed by atoms with Crippen LogP contribution in [0.15, 0.2) is 96.1 Å². The quantitative estimate of drug-likeness (QED) is 0.148. The fourth-order valence-corrected chi connectivity index (χ4v) is 7.80. The van der Waals surface area contributed by atoms with Crippen LogP contribution in [0.3, 0.4) is 0 Å². The Morgan fingerprint density at radius 3 is 2.47 bits per heavy atom. The molecule has 0 radical (unpaired) electrons. The topological polar surface area (TPSA) is 102 Å². The maximum Gasteiger partial charge on any atom is 0.255 e. The first-order valence-electron chi connectivity index (χ1n) is 18.9. The summed E-state index contributed by atoms with van der Waals surface area (Å²) in [5.41, 5.74) is 5.13. The average Bonchev–Trinajstić information content (AvgIpc) is 3.62. The lowest BCUT2D eigenvalue weighted by Crippen LogP contribution is -2.53. The number of methoxy groups -OCH3 is 1. The van der Waals surface area contributed by atoms with Crippen molar-refractivity contribution in [2.45, 2.75) is 32.1 Å². The number of fused-ring (bicyclic) bond motifs is 1. The molecule has 284 valence electrons. The van der Waals surface area contributed by atoms with E-state index < -0.39 is 29.5 Å². The molecule has 1 amide bonds. The van der Waals surface area contributed by atoms with E-state index in [2.05, 4.69) is 54.7 Å². The summed E-state index contributed by atoms with van der Waals surface area (Å²) in [6.45, 7) is 10.0. The first-order valence-corrected chi connectivity index (χ1v) is 18.9. The lowest BCUT2D eigenvalue weighted by atomic mass is 10.0. The highest BCUT2D eigenvalue weighted by Gasteiger charge is 2.28. The normalized spacial score (nSPS) is 18.2. The third-order valence-corrected chi connectivity index (χ3v) is 10.8. The van der Waals surface area contributed by atoms with Gasteiger partial charge in [-0.25, -0.2) is 18.8 Å². The number of nitrogens with zero attached hydrogens (tertiary/aromatic N) is 6. The highest BCUT2D eigenvalue weighted by atomic mass is 19.1. The number of rotatable bonds is 10. The minimum Gasteiger partial charge on any atom is -0.495 e. The Morgan fingerprint density at radius 1 is 0.927 bits per heavy atom. The molecule has 0 aliphatic carbocycles. The van der Waals surface area contributed by atoms with E-state index in [9.17, 15) is 13.6 Å². The van der Waals surface area contributed by atoms with Crippen LogP contribution >= 0.6 is 0 Å². The number of hydrogen-bond acceptors (Lipinski definition) is 9. The number of ether oxygens (including phenoxy) is 1. The number of carbonyl (C=O) groups excluding carboxylic acids is 1. The fraction of sp³-hybridized carbons (Fsp3) is 0.310. The van der Waals surface area contributed by atoms with Crippen molar-refractivity contribution < 1.29 is 18.3 Å². The molecule has 8 rings (SSSR count). The number of amides is 1. The van der Waals surface area contributed by atoms with Gasteiger partial charge in [-0.15, -0.1) is 0 Å². The number of para-hydroxylation sites is 1. The number of allylic oxidation sites excluding steroid dienone is 1. The molecule has 55 heavy (non-hydrogen) atoms. The van der Waals surface area contributed by atoms with Crippen molar-refractivity contribution in [1.82, 2.24) is 24.5 Å². The van der Waals surface area contributed by atoms with Crippen LogP contribution in [0.4, 0.5) is 25.8 Å². The number of aliphatic imine (C=N–C) groups is 1. The van der Waals surface area contributed by atoms with Crippen LogP contribution in [0.2, 0.25) is 0 Å². The molecule has 5 aromatic rings. The molecule has 2 saturated heterocycles. The fourth-order valence-electron chi connectivity index (χ4n) is 7.80. The Hall–Kier alpha value is -5.79. The summed E-state index contributed by atoms with van der Waals surface area (Å²) >= 11 is 0. The molecule has 3 aliphatic rings. The maximum atomic E-state index is 14.3. The number of piperazine rings is 1. The van der Waals surface area contributed by atoms with Crippen LogP contribution in [0, 0.1) is 11.6 Å². The third-order valence-electron chi connectivity index (χ3n) is 10.8. The van der Waals surface area contributed by atoms with Gasteiger partial charge in [-0.1, -0.05) is 31.2 Å². The van der Waals surface area contributed by atoms with E-state index >= 15 is 0 Å². The summed E-state index contributed by atoms with van der Waals surface area (Å²) in [7, 11) is 1.68. The van der Waals surface area contributed by atoms with Crippen molar-refractivity contribution in [2.24, 2.45) is 4.99 Å². The summed E-state index contributed by atoms with van der Waals surface area (Å²) in [6, 6.07) is 22.9. The van der Waals surface area contributed by atoms with Crippen molar-refractivity contribution >= 4 is 40.5 Å². The summed E-state index contributed by atoms with van der Waals surface area (Å²) in [5.74, 6) is -1.63. The highest BCUT2D eigenvalue weighted by molar-refractivity contribution is 6.05. The van der Waals surface area contributed by atoms with Crippen LogP contribution in [0.25, 0.3) is 22.6 Å². The minimum atomic E-state index is -0.854. The smallest absolute Gasteiger partial charge is 0.255 e. The van der Waals surface area contributed by atoms with Crippen LogP contribution in [0.5, 0.6) is 5.75 Å². The van der Waals surface area contributed by atoms with E-state index in [0.717, 1.165) is 99.3 Å². The van der Waals surface area contributed by atoms with Gasteiger partial charge in [-0.3, -0.25) is 14.1 Å². The van der Waals surface area contributed by atoms with Crippen molar-refractivity contribution in [1.29, 1.82) is 0 Å². The first-order chi connectivity index (χ1) is 26.9. The molecule has 3 aromatic carbocycles. The van der Waals surface area contributed by atoms with Crippen molar-refractivity contribution in [2.75, 3.05) is 68.5 Å². The van der Waals surface area contributed by atoms with Crippen molar-refractivity contribution in [3.63, 3.8) is 0 Å². The standard InChI is InChI=1S/C42H45F2N9O2/c1-3-50-22-24-52(25-23-50)30-16-20-51(21-17-30)31-13-14-34(36(27-31)55-2)46-42-45-18-15-35(47-42)40-38(48-37-12-4-5-19-53(37)40)28-8-6-9-29(26-28)41(54)49-39-32(43)10-7-11-33(39)44/h4-15,18-19,26-27,30,42,46-47H,3,16-17,20-25H2,1-2H3,(H,49,54). The molecule has 1 unspecified atom stereocenters. The number of likely N-dealkylation sites (N-methyl/N-ethyl adjacent to an activating group) is 1. The number of nitrogens with one attached hydrogen (secondary N) is 3. The van der Waals surface area contributed by atoms with Crippen LogP contribution in [0.1, 0.15) is 35.8 Å². The molecular weight excluding hydrogens is 701 g/mol. The van der Waals surface area contributed by atoms with Gasteiger partial charge in [-0.2, -0.15) is 0 Å². The molecule has 11 nitrogen and oxygen atoms in total. The predicted molar refractivity (Wildman–Crippen MR) is 214 cm³/mol. The summed E-state index contributed by atoms with van der Waals surface area (Å²) in [4.78, 5) is 30.5. The van der Waals surface area contributed by atoms with Gasteiger partial charge in [0.25, 0.3) is 5.91 Å². The molecule has 0 spiro atoms. The highest BCUT2D eigenvalue weighted by Crippen LogP contribution is 2.34. The van der Waals surface area contributed by atoms with E-state index in [1.54, 1.807) is 31.5 Å². The van der Waals surface area contributed by atoms with Gasteiger partial charge in [0.1, 0.15) is 28.7 Å². The van der Waals surface area contributed by atoms with E-state index in [-0.39, 0.29) is 5.56 Å². The number of imidazole rings is 1. The molecule has 3 aliphatic heterocycles. The summed E-state index contributed by atoms with van der Waals surface area (Å²) in [5, 5.41) is 9.39. The van der Waals surface area contributed by atoms with Crippen molar-refractivity contribution in [3.05, 3.63) is 114 Å². The van der Waals surface area contributed by atoms with Crippen molar-refractivity contribution in [3.8, 4) is 17.0 Å². The monoisotopic (exact) mass is 745 g/mol. The Balaban J connectivity index is 0.980. The molecule has 3 N–H and O–H groups in total. The number of hydrogen-bond donors (Lipinski definition) is 3. The zero-order valence-corrected chi connectivity index (χ0v) is 31.0. The predicted octanol–water partition coefficient (Wildman–Crippen LogP) is 6.56. The molecule has 5 heterocycles. The lowest BCUT2D eigenvalue weighted by Gasteiger charge is -2.43. The van der Waals surface area contributed by atoms with E-state index in [4.69, 9.17) is 9.72 Å². The van der Waals surface area contributed by atoms with Gasteiger partial charge < -0.3 is 30.5 Å². The van der Waals surface area contributed by atoms with E-state index in [0.29, 0.717) is 22.9 Å². The van der Waals surface area contributed by atoms with E-state index in [1.165, 1.54) is 6.07 Å². The minimum absolute atomic E-state index is 0.222. The number of halogens is 2. The second-order valence-corrected chi connectivity index (χ2v) is 14.0. The lowest BCUT2D eigenvalue weighted by molar-refractivity contribution is 0.0878. The van der Waals surface area contributed by atoms with Gasteiger partial charge >= 0.3 is 0 Å². The molecule has 13 heteroatoms. The van der Waals surface area contributed by atoms with Crippen LogP contribution in [-0.4, -0.2) is 96.6 Å². The molecule has 2 fully saturated rings. The number of aromatic nitrogens is 2. The Kier molecular flexibility index (Phi) is 10.5. The molecule has 2 aromatic heterocycles. The SMILES string of the molecule is CCN1CCN(C2CCN(c3ccc(NC4N=CC=C(c5c(-c6cccc(C(=O)Nc7c(F)cccc7F)c6)nc6ccccn56)N4)c(OC)c3)CC2)CC1. The Bertz CT molecular complexity index is 2220. The number of carbonyl (C=O) groups is 1. The average molecular weight is 746 g/mol. The molecule has 0 saturated carbocycles. The van der Waals surface area contributed by atoms with Crippen LogP contribution in [-0.2, 0) is 0 Å². The molecular formula is C42H45F2N9O2. The van der Waals surface area contributed by atoms with Crippen LogP contribution < -0.4 is 25.6 Å². The van der Waals surface area contributed by atoms with E-state index in [1.807, 2.05) is 47.0 Å². The molecule has 0 bridgehead atoms. The molecule has 1 atom stereocenters. The van der Waals surface area contributed by atoms with Gasteiger partial charge in [0.2, 0.25) is 0 Å². The Labute approximate surface area is 319 Å². The zero-order chi connectivity index (χ0) is 37.9. The maximum absolute atomic E-state index is 14.3. The third kappa shape index (κ3) is 7.62. The summed E-state index contributed by atoms with van der Waals surface area (Å²) in [6.07, 6.45) is 7.32. The van der Waals surface area contributed by atoms with Gasteiger partial charge in [0, 0.05) is 80.6 Å². The van der Waals surface area contributed by atoms with Gasteiger partial charge in [0.15, 0.2) is 6.29 Å². The number of piperidine rings is 1. The number of pyridine rings is 1. The van der Waals surface area contributed by atoms with Gasteiger partial charge in [0.05, 0.1) is 29.9 Å². The Morgan fingerprint density at radius 2 is 1.71 bits per heavy atom. The second kappa shape index (κ2) is 15.9. The first kappa shape index (κ1) is 36.2. The number of anilines is 3. The second-order valence-electron chi connectivity index (χ2n) is 14.0. The summed E-state index contributed by atoms with van der Waals surface area (Å²) < 4.78 is 36.5. The zero-order valence-electron chi connectivity index (χ0n) is 31.0.